The van der Waals surface area contributed by atoms with Gasteiger partial charge in [0.15, 0.2) is 0 Å². The first kappa shape index (κ1) is 10.5. The summed E-state index contributed by atoms with van der Waals surface area (Å²) in [4.78, 5) is 0.0530. The number of hydrogen-bond donors (Lipinski definition) is 1. The Morgan fingerprint density at radius 3 is 2.80 bits per heavy atom. The van der Waals surface area contributed by atoms with E-state index in [1.807, 2.05) is 0 Å². The van der Waals surface area contributed by atoms with Gasteiger partial charge in [-0.15, -0.1) is 0 Å². The van der Waals surface area contributed by atoms with Crippen LogP contribution in [0, 0.1) is 0 Å². The maximum Gasteiger partial charge on any atom is 0.237 e. The third-order valence-electron chi connectivity index (χ3n) is 2.02. The Morgan fingerprint density at radius 2 is 2.13 bits per heavy atom. The highest BCUT2D eigenvalue weighted by Gasteiger charge is 2.19. The van der Waals surface area contributed by atoms with Crippen molar-refractivity contribution in [1.82, 2.24) is 0 Å². The number of nitrogens with two attached hydrogens (primary N) is 1. The van der Waals surface area contributed by atoms with Crippen LogP contribution in [-0.2, 0) is 10.0 Å². The van der Waals surface area contributed by atoms with Crippen LogP contribution in [0.5, 0.6) is 5.75 Å². The van der Waals surface area contributed by atoms with Crippen molar-refractivity contribution in [1.29, 1.82) is 0 Å². The van der Waals surface area contributed by atoms with E-state index in [1.54, 1.807) is 18.2 Å². The fourth-order valence-corrected chi connectivity index (χ4v) is 1.99. The maximum absolute atomic E-state index is 11.1. The molecule has 80 valence electrons. The van der Waals surface area contributed by atoms with Crippen molar-refractivity contribution < 1.29 is 13.2 Å². The second kappa shape index (κ2) is 3.52. The molecule has 0 bridgehead atoms. The molecule has 0 saturated carbocycles. The molecule has 15 heavy (non-hydrogen) atoms. The van der Waals surface area contributed by atoms with Crippen molar-refractivity contribution in [3.05, 3.63) is 33.7 Å². The number of hydrogen-bond acceptors (Lipinski definition) is 3. The third kappa shape index (κ3) is 2.14. The van der Waals surface area contributed by atoms with E-state index in [9.17, 15) is 8.42 Å². The Balaban J connectivity index is 2.54. The van der Waals surface area contributed by atoms with E-state index in [-0.39, 0.29) is 11.5 Å². The summed E-state index contributed by atoms with van der Waals surface area (Å²) < 4.78 is 27.4. The van der Waals surface area contributed by atoms with E-state index in [2.05, 4.69) is 0 Å². The van der Waals surface area contributed by atoms with Crippen LogP contribution in [0.1, 0.15) is 5.56 Å². The van der Waals surface area contributed by atoms with Gasteiger partial charge in [-0.25, -0.2) is 13.6 Å². The molecule has 0 radical (unpaired) electrons. The summed E-state index contributed by atoms with van der Waals surface area (Å²) in [7, 11) is -3.69. The van der Waals surface area contributed by atoms with E-state index < -0.39 is 10.0 Å². The van der Waals surface area contributed by atoms with Gasteiger partial charge >= 0.3 is 0 Å². The molecule has 0 saturated heterocycles. The molecule has 4 nitrogen and oxygen atoms in total. The Hall–Kier alpha value is -1.04. The average molecular weight is 246 g/mol. The second-order valence-corrected chi connectivity index (χ2v) is 5.18. The fourth-order valence-electron chi connectivity index (χ4n) is 1.29. The highest BCUT2D eigenvalue weighted by molar-refractivity contribution is 7.93. The predicted molar refractivity (Wildman–Crippen MR) is 58.0 cm³/mol. The minimum absolute atomic E-state index is 0.0343. The van der Waals surface area contributed by atoms with Crippen molar-refractivity contribution >= 4 is 27.7 Å². The van der Waals surface area contributed by atoms with Crippen LogP contribution < -0.4 is 9.88 Å². The molecule has 1 aromatic carbocycles. The summed E-state index contributed by atoms with van der Waals surface area (Å²) in [6.07, 6.45) is 1.47. The highest BCUT2D eigenvalue weighted by Crippen LogP contribution is 2.29. The molecule has 1 aromatic rings. The van der Waals surface area contributed by atoms with Gasteiger partial charge in [0.2, 0.25) is 10.0 Å². The van der Waals surface area contributed by atoms with Gasteiger partial charge in [0.1, 0.15) is 12.4 Å². The number of ether oxygens (including phenoxy) is 1. The van der Waals surface area contributed by atoms with Crippen LogP contribution in [0.2, 0.25) is 5.02 Å². The fraction of sp³-hybridized carbons (Fsp3) is 0.111. The predicted octanol–water partition coefficient (Wildman–Crippen LogP) is 1.36. The summed E-state index contributed by atoms with van der Waals surface area (Å²) in [5.74, 6) is 0.604. The zero-order chi connectivity index (χ0) is 11.1. The van der Waals surface area contributed by atoms with Crippen molar-refractivity contribution in [2.75, 3.05) is 6.61 Å². The van der Waals surface area contributed by atoms with Gasteiger partial charge in [-0.05, 0) is 24.3 Å². The van der Waals surface area contributed by atoms with Crippen molar-refractivity contribution in [2.45, 2.75) is 0 Å². The van der Waals surface area contributed by atoms with Crippen molar-refractivity contribution in [2.24, 2.45) is 5.14 Å². The van der Waals surface area contributed by atoms with Crippen LogP contribution in [0.4, 0.5) is 0 Å². The van der Waals surface area contributed by atoms with E-state index in [0.717, 1.165) is 0 Å². The lowest BCUT2D eigenvalue weighted by Gasteiger charge is -2.16. The molecular weight excluding hydrogens is 238 g/mol. The third-order valence-corrected chi connectivity index (χ3v) is 3.23. The van der Waals surface area contributed by atoms with Crippen LogP contribution in [0.3, 0.4) is 0 Å². The quantitative estimate of drug-likeness (QED) is 0.812. The van der Waals surface area contributed by atoms with Crippen LogP contribution >= 0.6 is 11.6 Å². The zero-order valence-electron chi connectivity index (χ0n) is 7.60. The largest absolute Gasteiger partial charge is 0.487 e. The Kier molecular flexibility index (Phi) is 2.46. The van der Waals surface area contributed by atoms with Gasteiger partial charge in [0.05, 0.1) is 4.91 Å². The molecule has 0 unspecified atom stereocenters. The number of benzene rings is 1. The summed E-state index contributed by atoms with van der Waals surface area (Å²) in [6.45, 7) is -0.0343. The first-order valence-electron chi connectivity index (χ1n) is 4.12. The van der Waals surface area contributed by atoms with Crippen molar-refractivity contribution in [3.63, 3.8) is 0 Å². The van der Waals surface area contributed by atoms with Crippen LogP contribution in [0.25, 0.3) is 6.08 Å². The lowest BCUT2D eigenvalue weighted by atomic mass is 10.1. The molecular formula is C9H8ClNO3S. The number of sulfonamides is 1. The first-order valence-corrected chi connectivity index (χ1v) is 6.05. The molecule has 1 aliphatic rings. The smallest absolute Gasteiger partial charge is 0.237 e. The summed E-state index contributed by atoms with van der Waals surface area (Å²) in [6, 6.07) is 4.99. The van der Waals surface area contributed by atoms with Gasteiger partial charge < -0.3 is 4.74 Å². The van der Waals surface area contributed by atoms with Gasteiger partial charge in [0, 0.05) is 10.6 Å². The number of halogens is 1. The van der Waals surface area contributed by atoms with E-state index in [1.165, 1.54) is 6.08 Å². The summed E-state index contributed by atoms with van der Waals surface area (Å²) in [5, 5.41) is 5.51. The standard InChI is InChI=1S/C9H8ClNO3S/c10-7-1-2-9-6(3-7)4-8(5-14-9)15(11,12)13/h1-4H,5H2,(H2,11,12,13). The molecule has 1 heterocycles. The molecule has 2 N–H and O–H groups in total. The first-order chi connectivity index (χ1) is 6.97. The van der Waals surface area contributed by atoms with E-state index in [0.29, 0.717) is 16.3 Å². The number of fused-ring (bicyclic) bond motifs is 1. The van der Waals surface area contributed by atoms with Gasteiger partial charge in [-0.1, -0.05) is 11.6 Å². The van der Waals surface area contributed by atoms with E-state index in [4.69, 9.17) is 21.5 Å². The average Bonchev–Trinajstić information content (AvgIpc) is 2.15. The zero-order valence-corrected chi connectivity index (χ0v) is 9.18. The molecule has 0 spiro atoms. The second-order valence-electron chi connectivity index (χ2n) is 3.13. The van der Waals surface area contributed by atoms with E-state index >= 15 is 0 Å². The lowest BCUT2D eigenvalue weighted by molar-refractivity contribution is 0.353. The molecule has 1 aliphatic heterocycles. The monoisotopic (exact) mass is 245 g/mol. The Labute approximate surface area is 92.3 Å². The lowest BCUT2D eigenvalue weighted by Crippen LogP contribution is -2.21. The minimum Gasteiger partial charge on any atom is -0.487 e. The SMILES string of the molecule is NS(=O)(=O)C1=Cc2cc(Cl)ccc2OC1. The van der Waals surface area contributed by atoms with Crippen LogP contribution in [0.15, 0.2) is 23.1 Å². The summed E-state index contributed by atoms with van der Waals surface area (Å²) in [5.41, 5.74) is 0.623. The molecule has 0 aliphatic carbocycles. The molecule has 6 heteroatoms. The Bertz CT molecular complexity index is 536. The molecule has 0 aromatic heterocycles. The maximum atomic E-state index is 11.1. The van der Waals surface area contributed by atoms with Gasteiger partial charge in [-0.3, -0.25) is 0 Å². The van der Waals surface area contributed by atoms with Crippen molar-refractivity contribution in [3.8, 4) is 5.75 Å². The minimum atomic E-state index is -3.69. The van der Waals surface area contributed by atoms with Crippen LogP contribution in [-0.4, -0.2) is 15.0 Å². The van der Waals surface area contributed by atoms with Gasteiger partial charge in [-0.2, -0.15) is 0 Å². The molecule has 0 atom stereocenters. The topological polar surface area (TPSA) is 69.4 Å². The molecule has 2 rings (SSSR count). The highest BCUT2D eigenvalue weighted by atomic mass is 35.5. The molecule has 0 amide bonds. The number of rotatable bonds is 1. The van der Waals surface area contributed by atoms with Gasteiger partial charge in [0.25, 0.3) is 0 Å². The Morgan fingerprint density at radius 1 is 1.40 bits per heavy atom. The molecule has 0 fully saturated rings. The number of primary sulfonamides is 1. The summed E-state index contributed by atoms with van der Waals surface area (Å²) >= 11 is 5.77. The normalized spacial score (nSPS) is 15.2.